The molecule has 19 heavy (non-hydrogen) atoms. The standard InChI is InChI=1S/C12H16N2O3.CH5N/c1-7-5-8(11(13)15)6-9(14(16)17)10(7)12(2,3)4;1-2/h5-6H,1-4H3,(H2,13,15);2H2,1H3. The van der Waals surface area contributed by atoms with Crippen molar-refractivity contribution in [1.82, 2.24) is 0 Å². The van der Waals surface area contributed by atoms with Crippen molar-refractivity contribution in [3.05, 3.63) is 38.9 Å². The molecule has 0 saturated carbocycles. The zero-order valence-corrected chi connectivity index (χ0v) is 12.0. The number of nitrogens with zero attached hydrogens (tertiary/aromatic N) is 1. The molecular formula is C13H21N3O3. The summed E-state index contributed by atoms with van der Waals surface area (Å²) >= 11 is 0. The highest BCUT2D eigenvalue weighted by molar-refractivity contribution is 5.94. The van der Waals surface area contributed by atoms with Gasteiger partial charge in [-0.25, -0.2) is 0 Å². The molecule has 0 aliphatic carbocycles. The number of benzene rings is 1. The maximum atomic E-state index is 11.1. The Balaban J connectivity index is 0.00000154. The quantitative estimate of drug-likeness (QED) is 0.629. The molecule has 0 aliphatic heterocycles. The molecule has 1 rings (SSSR count). The lowest BCUT2D eigenvalue weighted by Crippen LogP contribution is -2.18. The minimum atomic E-state index is -0.656. The van der Waals surface area contributed by atoms with Crippen LogP contribution in [0, 0.1) is 17.0 Å². The number of nitro benzene ring substituents is 1. The van der Waals surface area contributed by atoms with E-state index in [1.807, 2.05) is 20.8 Å². The minimum absolute atomic E-state index is 0.0497. The van der Waals surface area contributed by atoms with Gasteiger partial charge in [0.25, 0.3) is 5.69 Å². The SMILES string of the molecule is CN.Cc1cc(C(N)=O)cc([N+](=O)[O-])c1C(C)(C)C. The number of nitrogens with two attached hydrogens (primary N) is 2. The molecule has 0 fully saturated rings. The predicted molar refractivity (Wildman–Crippen MR) is 75.2 cm³/mol. The summed E-state index contributed by atoms with van der Waals surface area (Å²) in [6, 6.07) is 2.84. The lowest BCUT2D eigenvalue weighted by Gasteiger charge is -2.21. The number of primary amides is 1. The third-order valence-electron chi connectivity index (χ3n) is 2.55. The number of carbonyl (C=O) groups is 1. The number of rotatable bonds is 2. The summed E-state index contributed by atoms with van der Waals surface area (Å²) < 4.78 is 0. The van der Waals surface area contributed by atoms with Crippen molar-refractivity contribution in [3.8, 4) is 0 Å². The van der Waals surface area contributed by atoms with E-state index in [9.17, 15) is 14.9 Å². The molecule has 0 aromatic heterocycles. The van der Waals surface area contributed by atoms with Gasteiger partial charge in [0, 0.05) is 17.2 Å². The molecule has 1 aromatic carbocycles. The van der Waals surface area contributed by atoms with Crippen LogP contribution in [0.25, 0.3) is 0 Å². The molecular weight excluding hydrogens is 246 g/mol. The van der Waals surface area contributed by atoms with E-state index in [0.29, 0.717) is 11.1 Å². The van der Waals surface area contributed by atoms with Crippen LogP contribution in [0.3, 0.4) is 0 Å². The Morgan fingerprint density at radius 3 is 2.05 bits per heavy atom. The maximum Gasteiger partial charge on any atom is 0.274 e. The van der Waals surface area contributed by atoms with Crippen molar-refractivity contribution >= 4 is 11.6 Å². The van der Waals surface area contributed by atoms with E-state index in [-0.39, 0.29) is 16.7 Å². The summed E-state index contributed by atoms with van der Waals surface area (Å²) in [5.41, 5.74) is 10.8. The van der Waals surface area contributed by atoms with E-state index in [4.69, 9.17) is 5.73 Å². The maximum absolute atomic E-state index is 11.1. The Kier molecular flexibility index (Phi) is 5.64. The van der Waals surface area contributed by atoms with Crippen LogP contribution in [0.5, 0.6) is 0 Å². The topological polar surface area (TPSA) is 112 Å². The molecule has 0 heterocycles. The summed E-state index contributed by atoms with van der Waals surface area (Å²) in [6.07, 6.45) is 0. The van der Waals surface area contributed by atoms with Crippen LogP contribution < -0.4 is 11.5 Å². The van der Waals surface area contributed by atoms with Gasteiger partial charge in [0.15, 0.2) is 0 Å². The highest BCUT2D eigenvalue weighted by atomic mass is 16.6. The zero-order valence-electron chi connectivity index (χ0n) is 12.0. The second kappa shape index (κ2) is 6.29. The van der Waals surface area contributed by atoms with Gasteiger partial charge in [-0.1, -0.05) is 20.8 Å². The van der Waals surface area contributed by atoms with E-state index in [1.165, 1.54) is 13.1 Å². The largest absolute Gasteiger partial charge is 0.366 e. The summed E-state index contributed by atoms with van der Waals surface area (Å²) in [5.74, 6) is -0.656. The predicted octanol–water partition coefficient (Wildman–Crippen LogP) is 1.87. The van der Waals surface area contributed by atoms with Crippen LogP contribution in [0.15, 0.2) is 12.1 Å². The molecule has 0 bridgehead atoms. The Morgan fingerprint density at radius 2 is 1.74 bits per heavy atom. The van der Waals surface area contributed by atoms with Crippen LogP contribution in [-0.2, 0) is 5.41 Å². The zero-order chi connectivity index (χ0) is 15.4. The number of hydrogen-bond acceptors (Lipinski definition) is 4. The van der Waals surface area contributed by atoms with E-state index in [0.717, 1.165) is 0 Å². The first-order chi connectivity index (χ1) is 8.64. The molecule has 0 saturated heterocycles. The van der Waals surface area contributed by atoms with Gasteiger partial charge >= 0.3 is 0 Å². The minimum Gasteiger partial charge on any atom is -0.366 e. The number of amides is 1. The highest BCUT2D eigenvalue weighted by Gasteiger charge is 2.28. The molecule has 0 radical (unpaired) electrons. The molecule has 6 nitrogen and oxygen atoms in total. The van der Waals surface area contributed by atoms with E-state index < -0.39 is 10.8 Å². The Morgan fingerprint density at radius 1 is 1.26 bits per heavy atom. The van der Waals surface area contributed by atoms with E-state index in [1.54, 1.807) is 13.0 Å². The van der Waals surface area contributed by atoms with Crippen LogP contribution in [0.4, 0.5) is 5.69 Å². The number of hydrogen-bond donors (Lipinski definition) is 2. The van der Waals surface area contributed by atoms with Crippen LogP contribution in [0.2, 0.25) is 0 Å². The number of aryl methyl sites for hydroxylation is 1. The van der Waals surface area contributed by atoms with Crippen molar-refractivity contribution in [2.75, 3.05) is 7.05 Å². The highest BCUT2D eigenvalue weighted by Crippen LogP contribution is 2.34. The van der Waals surface area contributed by atoms with Gasteiger partial charge in [-0.2, -0.15) is 0 Å². The molecule has 6 heteroatoms. The second-order valence-corrected chi connectivity index (χ2v) is 5.06. The van der Waals surface area contributed by atoms with Crippen molar-refractivity contribution in [3.63, 3.8) is 0 Å². The lowest BCUT2D eigenvalue weighted by atomic mass is 9.82. The average molecular weight is 267 g/mol. The third-order valence-corrected chi connectivity index (χ3v) is 2.55. The first-order valence-electron chi connectivity index (χ1n) is 5.81. The van der Waals surface area contributed by atoms with Gasteiger partial charge in [-0.05, 0) is 31.0 Å². The Labute approximate surface area is 112 Å². The monoisotopic (exact) mass is 267 g/mol. The second-order valence-electron chi connectivity index (χ2n) is 5.06. The Hall–Kier alpha value is -1.95. The van der Waals surface area contributed by atoms with Crippen molar-refractivity contribution < 1.29 is 9.72 Å². The van der Waals surface area contributed by atoms with Crippen molar-refractivity contribution in [2.45, 2.75) is 33.1 Å². The molecule has 106 valence electrons. The van der Waals surface area contributed by atoms with E-state index in [2.05, 4.69) is 5.73 Å². The van der Waals surface area contributed by atoms with E-state index >= 15 is 0 Å². The molecule has 0 atom stereocenters. The lowest BCUT2D eigenvalue weighted by molar-refractivity contribution is -0.386. The number of carbonyl (C=O) groups excluding carboxylic acids is 1. The molecule has 0 unspecified atom stereocenters. The first kappa shape index (κ1) is 17.1. The van der Waals surface area contributed by atoms with Crippen molar-refractivity contribution in [1.29, 1.82) is 0 Å². The summed E-state index contributed by atoms with van der Waals surface area (Å²) in [7, 11) is 1.50. The van der Waals surface area contributed by atoms with Crippen molar-refractivity contribution in [2.24, 2.45) is 11.5 Å². The van der Waals surface area contributed by atoms with Gasteiger partial charge in [-0.15, -0.1) is 0 Å². The van der Waals surface area contributed by atoms with Gasteiger partial charge < -0.3 is 11.5 Å². The van der Waals surface area contributed by atoms with Gasteiger partial charge in [-0.3, -0.25) is 14.9 Å². The molecule has 1 aromatic rings. The van der Waals surface area contributed by atoms with Gasteiger partial charge in [0.05, 0.1) is 4.92 Å². The number of nitro groups is 1. The van der Waals surface area contributed by atoms with Crippen LogP contribution >= 0.6 is 0 Å². The third kappa shape index (κ3) is 4.03. The van der Waals surface area contributed by atoms with Crippen LogP contribution in [0.1, 0.15) is 42.3 Å². The molecule has 0 aliphatic rings. The molecule has 1 amide bonds. The molecule has 4 N–H and O–H groups in total. The fourth-order valence-electron chi connectivity index (χ4n) is 2.03. The molecule has 0 spiro atoms. The summed E-state index contributed by atoms with van der Waals surface area (Å²) in [4.78, 5) is 21.7. The van der Waals surface area contributed by atoms with Crippen LogP contribution in [-0.4, -0.2) is 17.9 Å². The Bertz CT molecular complexity index is 491. The first-order valence-corrected chi connectivity index (χ1v) is 5.81. The average Bonchev–Trinajstić information content (AvgIpc) is 2.28. The summed E-state index contributed by atoms with van der Waals surface area (Å²) in [5, 5.41) is 11.0. The van der Waals surface area contributed by atoms with Gasteiger partial charge in [0.2, 0.25) is 5.91 Å². The normalized spacial score (nSPS) is 10.4. The smallest absolute Gasteiger partial charge is 0.274 e. The van der Waals surface area contributed by atoms with Gasteiger partial charge in [0.1, 0.15) is 0 Å². The summed E-state index contributed by atoms with van der Waals surface area (Å²) in [6.45, 7) is 7.44. The fourth-order valence-corrected chi connectivity index (χ4v) is 2.03. The fraction of sp³-hybridized carbons (Fsp3) is 0.462.